The number of carbonyl (C=O) groups is 2. The highest BCUT2D eigenvalue weighted by Gasteiger charge is 2.36. The van der Waals surface area contributed by atoms with Crippen LogP contribution in [0.1, 0.15) is 25.7 Å². The second-order valence-corrected chi connectivity index (χ2v) is 8.28. The highest BCUT2D eigenvalue weighted by atomic mass is 16.2. The molecule has 3 aliphatic rings. The van der Waals surface area contributed by atoms with Gasteiger partial charge in [0.2, 0.25) is 11.8 Å². The van der Waals surface area contributed by atoms with E-state index in [-0.39, 0.29) is 23.7 Å². The van der Waals surface area contributed by atoms with Crippen molar-refractivity contribution in [1.29, 1.82) is 0 Å². The molecule has 2 aromatic rings. The van der Waals surface area contributed by atoms with Gasteiger partial charge < -0.3 is 14.7 Å². The lowest BCUT2D eigenvalue weighted by Gasteiger charge is -2.38. The zero-order valence-electron chi connectivity index (χ0n) is 16.9. The lowest BCUT2D eigenvalue weighted by molar-refractivity contribution is -0.143. The molecule has 2 saturated heterocycles. The van der Waals surface area contributed by atoms with Crippen LogP contribution in [0.4, 0.5) is 5.82 Å². The van der Waals surface area contributed by atoms with E-state index in [4.69, 9.17) is 0 Å². The van der Waals surface area contributed by atoms with Crippen LogP contribution in [-0.2, 0) is 9.59 Å². The van der Waals surface area contributed by atoms with E-state index in [0.29, 0.717) is 32.0 Å². The molecule has 10 heteroatoms. The second kappa shape index (κ2) is 8.00. The minimum absolute atomic E-state index is 0.0503. The van der Waals surface area contributed by atoms with Crippen LogP contribution < -0.4 is 4.90 Å². The van der Waals surface area contributed by atoms with Crippen molar-refractivity contribution in [3.8, 4) is 5.82 Å². The molecule has 10 nitrogen and oxygen atoms in total. The number of anilines is 1. The Hall–Kier alpha value is -3.04. The molecule has 1 aliphatic carbocycles. The summed E-state index contributed by atoms with van der Waals surface area (Å²) in [6.45, 7) is 4.24. The fourth-order valence-corrected chi connectivity index (χ4v) is 4.29. The molecule has 2 aromatic heterocycles. The molecule has 0 atom stereocenters. The summed E-state index contributed by atoms with van der Waals surface area (Å²) >= 11 is 0. The SMILES string of the molecule is O=C(C1CC1)N1CCN(C(=O)C2CCN(c3ccc(-n4cncn4)nn3)CC2)CC1. The van der Waals surface area contributed by atoms with Gasteiger partial charge in [-0.15, -0.1) is 10.2 Å². The first-order chi connectivity index (χ1) is 14.7. The molecule has 0 unspecified atom stereocenters. The molecular formula is C20H26N8O2. The van der Waals surface area contributed by atoms with Gasteiger partial charge in [-0.3, -0.25) is 9.59 Å². The Morgan fingerprint density at radius 1 is 0.767 bits per heavy atom. The maximum Gasteiger partial charge on any atom is 0.225 e. The standard InChI is InChI=1S/C20H26N8O2/c29-19(15-1-2-15)26-9-11-27(12-10-26)20(30)16-5-7-25(8-6-16)17-3-4-18(24-23-17)28-14-21-13-22-28/h3-4,13-16H,1-2,5-12H2. The van der Waals surface area contributed by atoms with Crippen LogP contribution in [0.25, 0.3) is 5.82 Å². The molecule has 2 amide bonds. The number of carbonyl (C=O) groups excluding carboxylic acids is 2. The zero-order chi connectivity index (χ0) is 20.5. The van der Waals surface area contributed by atoms with E-state index in [2.05, 4.69) is 25.2 Å². The molecule has 2 aliphatic heterocycles. The van der Waals surface area contributed by atoms with Gasteiger partial charge in [0.05, 0.1) is 0 Å². The summed E-state index contributed by atoms with van der Waals surface area (Å²) in [5.41, 5.74) is 0. The van der Waals surface area contributed by atoms with Crippen LogP contribution in [0.3, 0.4) is 0 Å². The Bertz CT molecular complexity index is 880. The molecule has 3 fully saturated rings. The largest absolute Gasteiger partial charge is 0.355 e. The number of nitrogens with zero attached hydrogens (tertiary/aromatic N) is 8. The van der Waals surface area contributed by atoms with E-state index in [0.717, 1.165) is 44.6 Å². The van der Waals surface area contributed by atoms with E-state index in [1.165, 1.54) is 6.33 Å². The Kier molecular flexibility index (Phi) is 5.06. The fourth-order valence-electron chi connectivity index (χ4n) is 4.29. The predicted octanol–water partition coefficient (Wildman–Crippen LogP) is 0.355. The Morgan fingerprint density at radius 3 is 1.83 bits per heavy atom. The lowest BCUT2D eigenvalue weighted by Crippen LogP contribution is -2.53. The van der Waals surface area contributed by atoms with Crippen molar-refractivity contribution in [1.82, 2.24) is 34.8 Å². The van der Waals surface area contributed by atoms with Crippen molar-refractivity contribution < 1.29 is 9.59 Å². The molecule has 0 radical (unpaired) electrons. The third-order valence-electron chi connectivity index (χ3n) is 6.29. The molecule has 158 valence electrons. The molecule has 0 bridgehead atoms. The first-order valence-corrected chi connectivity index (χ1v) is 10.7. The van der Waals surface area contributed by atoms with E-state index in [1.807, 2.05) is 21.9 Å². The molecule has 30 heavy (non-hydrogen) atoms. The molecule has 1 saturated carbocycles. The van der Waals surface area contributed by atoms with Gasteiger partial charge in [-0.05, 0) is 37.8 Å². The van der Waals surface area contributed by atoms with Crippen LogP contribution >= 0.6 is 0 Å². The zero-order valence-corrected chi connectivity index (χ0v) is 16.9. The summed E-state index contributed by atoms with van der Waals surface area (Å²) in [6.07, 6.45) is 6.73. The molecule has 0 spiro atoms. The quantitative estimate of drug-likeness (QED) is 0.717. The average molecular weight is 410 g/mol. The summed E-state index contributed by atoms with van der Waals surface area (Å²) < 4.78 is 1.57. The number of aromatic nitrogens is 5. The van der Waals surface area contributed by atoms with Gasteiger partial charge in [0.15, 0.2) is 11.6 Å². The van der Waals surface area contributed by atoms with Gasteiger partial charge >= 0.3 is 0 Å². The number of piperazine rings is 1. The highest BCUT2D eigenvalue weighted by Crippen LogP contribution is 2.31. The maximum atomic E-state index is 13.0. The lowest BCUT2D eigenvalue weighted by atomic mass is 9.95. The number of piperidine rings is 1. The maximum absolute atomic E-state index is 13.0. The van der Waals surface area contributed by atoms with E-state index < -0.39 is 0 Å². The highest BCUT2D eigenvalue weighted by molar-refractivity contribution is 5.82. The van der Waals surface area contributed by atoms with Crippen molar-refractivity contribution in [2.24, 2.45) is 11.8 Å². The van der Waals surface area contributed by atoms with Crippen LogP contribution in [0.15, 0.2) is 24.8 Å². The van der Waals surface area contributed by atoms with Crippen molar-refractivity contribution in [2.75, 3.05) is 44.2 Å². The second-order valence-electron chi connectivity index (χ2n) is 8.28. The smallest absolute Gasteiger partial charge is 0.225 e. The molecular weight excluding hydrogens is 384 g/mol. The topological polar surface area (TPSA) is 100 Å². The first-order valence-electron chi connectivity index (χ1n) is 10.7. The summed E-state index contributed by atoms with van der Waals surface area (Å²) in [5.74, 6) is 2.27. The van der Waals surface area contributed by atoms with Crippen molar-refractivity contribution >= 4 is 17.6 Å². The van der Waals surface area contributed by atoms with Gasteiger partial charge in [-0.25, -0.2) is 9.67 Å². The Balaban J connectivity index is 1.11. The average Bonchev–Trinajstić information content (AvgIpc) is 3.52. The normalized spacial score (nSPS) is 20.5. The summed E-state index contributed by atoms with van der Waals surface area (Å²) in [6, 6.07) is 3.80. The number of hydrogen-bond acceptors (Lipinski definition) is 7. The van der Waals surface area contributed by atoms with Gasteiger partial charge in [-0.1, -0.05) is 0 Å². The fraction of sp³-hybridized carbons (Fsp3) is 0.600. The van der Waals surface area contributed by atoms with Crippen molar-refractivity contribution in [3.05, 3.63) is 24.8 Å². The van der Waals surface area contributed by atoms with Crippen LogP contribution in [0.5, 0.6) is 0 Å². The first kappa shape index (κ1) is 19.0. The van der Waals surface area contributed by atoms with Gasteiger partial charge in [0.1, 0.15) is 12.7 Å². The van der Waals surface area contributed by atoms with E-state index in [9.17, 15) is 9.59 Å². The summed E-state index contributed by atoms with van der Waals surface area (Å²) in [5, 5.41) is 12.6. The van der Waals surface area contributed by atoms with Crippen molar-refractivity contribution in [2.45, 2.75) is 25.7 Å². The molecule has 0 N–H and O–H groups in total. The van der Waals surface area contributed by atoms with Crippen LogP contribution in [0.2, 0.25) is 0 Å². The number of rotatable bonds is 4. The Morgan fingerprint density at radius 2 is 1.33 bits per heavy atom. The molecule has 0 aromatic carbocycles. The predicted molar refractivity (Wildman–Crippen MR) is 108 cm³/mol. The summed E-state index contributed by atoms with van der Waals surface area (Å²) in [4.78, 5) is 35.1. The molecule has 5 rings (SSSR count). The van der Waals surface area contributed by atoms with Gasteiger partial charge in [0.25, 0.3) is 0 Å². The molecule has 4 heterocycles. The van der Waals surface area contributed by atoms with E-state index in [1.54, 1.807) is 11.0 Å². The number of amides is 2. The monoisotopic (exact) mass is 410 g/mol. The van der Waals surface area contributed by atoms with E-state index >= 15 is 0 Å². The van der Waals surface area contributed by atoms with Crippen molar-refractivity contribution in [3.63, 3.8) is 0 Å². The third kappa shape index (κ3) is 3.86. The Labute approximate surface area is 174 Å². The third-order valence-corrected chi connectivity index (χ3v) is 6.29. The van der Waals surface area contributed by atoms with Crippen LogP contribution in [-0.4, -0.2) is 85.8 Å². The van der Waals surface area contributed by atoms with Gasteiger partial charge in [-0.2, -0.15) is 5.10 Å². The van der Waals surface area contributed by atoms with Crippen LogP contribution in [0, 0.1) is 11.8 Å². The summed E-state index contributed by atoms with van der Waals surface area (Å²) in [7, 11) is 0. The minimum atomic E-state index is 0.0503. The van der Waals surface area contributed by atoms with Gasteiger partial charge in [0, 0.05) is 51.1 Å². The minimum Gasteiger partial charge on any atom is -0.355 e. The number of hydrogen-bond donors (Lipinski definition) is 0.